The minimum Gasteiger partial charge on any atom is -0.340 e. The Morgan fingerprint density at radius 3 is 2.79 bits per heavy atom. The van der Waals surface area contributed by atoms with E-state index in [1.807, 2.05) is 24.3 Å². The number of piperidine rings is 1. The number of nitrogens with zero attached hydrogens (tertiary/aromatic N) is 4. The molecule has 2 aromatic carbocycles. The van der Waals surface area contributed by atoms with Crippen LogP contribution >= 0.6 is 0 Å². The molecule has 1 fully saturated rings. The van der Waals surface area contributed by atoms with Crippen LogP contribution in [0.2, 0.25) is 0 Å². The van der Waals surface area contributed by atoms with Crippen LogP contribution in [0.5, 0.6) is 0 Å². The van der Waals surface area contributed by atoms with Gasteiger partial charge in [-0.25, -0.2) is 13.8 Å². The smallest absolute Gasteiger partial charge is 0.207 e. The standard InChI is InChI=1S/C23H22F2N4/c1-15-6-4-5-13-28(15)23-27-19-7-2-3-8-20(19)29(23)14-16-11-12-26-22-17(16)9-10-18(24)21(22)25/h2-3,7-12,15H,4-6,13-14H2,1H3. The van der Waals surface area contributed by atoms with Crippen LogP contribution in [0.25, 0.3) is 21.9 Å². The summed E-state index contributed by atoms with van der Waals surface area (Å²) in [6.07, 6.45) is 5.07. The number of hydrogen-bond donors (Lipinski definition) is 0. The summed E-state index contributed by atoms with van der Waals surface area (Å²) in [6.45, 7) is 3.73. The predicted octanol–water partition coefficient (Wildman–Crippen LogP) is 5.29. The SMILES string of the molecule is CC1CCCCN1c1nc2ccccc2n1Cc1ccnc2c(F)c(F)ccc12. The highest BCUT2D eigenvalue weighted by atomic mass is 19.2. The normalized spacial score (nSPS) is 17.3. The van der Waals surface area contributed by atoms with Gasteiger partial charge < -0.3 is 9.47 Å². The molecule has 1 aliphatic heterocycles. The first-order valence-electron chi connectivity index (χ1n) is 10.1. The van der Waals surface area contributed by atoms with Crippen LogP contribution in [0.4, 0.5) is 14.7 Å². The zero-order valence-electron chi connectivity index (χ0n) is 16.3. The van der Waals surface area contributed by atoms with Crippen molar-refractivity contribution in [2.24, 2.45) is 0 Å². The van der Waals surface area contributed by atoms with Crippen molar-refractivity contribution in [3.8, 4) is 0 Å². The molecular formula is C23H22F2N4. The predicted molar refractivity (Wildman–Crippen MR) is 111 cm³/mol. The number of para-hydroxylation sites is 2. The Morgan fingerprint density at radius 1 is 1.07 bits per heavy atom. The molecule has 4 aromatic rings. The lowest BCUT2D eigenvalue weighted by atomic mass is 10.0. The highest BCUT2D eigenvalue weighted by Gasteiger charge is 2.24. The lowest BCUT2D eigenvalue weighted by Crippen LogP contribution is -2.39. The first-order chi connectivity index (χ1) is 14.1. The molecule has 2 aromatic heterocycles. The molecule has 1 aliphatic rings. The average Bonchev–Trinajstić information content (AvgIpc) is 3.10. The summed E-state index contributed by atoms with van der Waals surface area (Å²) in [5, 5.41) is 0.627. The quantitative estimate of drug-likeness (QED) is 0.475. The van der Waals surface area contributed by atoms with E-state index in [2.05, 4.69) is 27.4 Å². The number of aromatic nitrogens is 3. The fraction of sp³-hybridized carbons (Fsp3) is 0.304. The van der Waals surface area contributed by atoms with Crippen molar-refractivity contribution in [1.82, 2.24) is 14.5 Å². The monoisotopic (exact) mass is 392 g/mol. The van der Waals surface area contributed by atoms with E-state index in [4.69, 9.17) is 4.98 Å². The maximum atomic E-state index is 14.3. The van der Waals surface area contributed by atoms with Crippen LogP contribution < -0.4 is 4.90 Å². The minimum atomic E-state index is -0.898. The number of rotatable bonds is 3. The third-order valence-electron chi connectivity index (χ3n) is 5.92. The molecule has 1 unspecified atom stereocenters. The molecule has 6 heteroatoms. The van der Waals surface area contributed by atoms with Crippen LogP contribution in [0.15, 0.2) is 48.7 Å². The zero-order valence-corrected chi connectivity index (χ0v) is 16.3. The van der Waals surface area contributed by atoms with Crippen LogP contribution in [-0.4, -0.2) is 27.1 Å². The van der Waals surface area contributed by atoms with Crippen molar-refractivity contribution in [1.29, 1.82) is 0 Å². The van der Waals surface area contributed by atoms with E-state index in [-0.39, 0.29) is 5.52 Å². The van der Waals surface area contributed by atoms with Gasteiger partial charge in [-0.15, -0.1) is 0 Å². The van der Waals surface area contributed by atoms with Gasteiger partial charge in [0.15, 0.2) is 11.6 Å². The fourth-order valence-electron chi connectivity index (χ4n) is 4.36. The van der Waals surface area contributed by atoms with Gasteiger partial charge in [0.2, 0.25) is 5.95 Å². The Balaban J connectivity index is 1.67. The van der Waals surface area contributed by atoms with Gasteiger partial charge in [0, 0.05) is 24.2 Å². The summed E-state index contributed by atoms with van der Waals surface area (Å²) in [4.78, 5) is 11.4. The van der Waals surface area contributed by atoms with Gasteiger partial charge in [-0.3, -0.25) is 4.98 Å². The second-order valence-corrected chi connectivity index (χ2v) is 7.75. The summed E-state index contributed by atoms with van der Waals surface area (Å²) in [5.74, 6) is -0.839. The molecule has 1 saturated heterocycles. The molecule has 0 radical (unpaired) electrons. The average molecular weight is 392 g/mol. The molecule has 0 bridgehead atoms. The van der Waals surface area contributed by atoms with Crippen molar-refractivity contribution in [2.45, 2.75) is 38.8 Å². The van der Waals surface area contributed by atoms with Crippen LogP contribution in [0.3, 0.4) is 0 Å². The van der Waals surface area contributed by atoms with Crippen molar-refractivity contribution >= 4 is 27.9 Å². The number of anilines is 1. The van der Waals surface area contributed by atoms with E-state index in [0.717, 1.165) is 41.9 Å². The van der Waals surface area contributed by atoms with Crippen LogP contribution in [-0.2, 0) is 6.54 Å². The second-order valence-electron chi connectivity index (χ2n) is 7.75. The Bertz CT molecular complexity index is 1200. The molecule has 5 rings (SSSR count). The number of halogens is 2. The molecule has 3 heterocycles. The molecule has 0 N–H and O–H groups in total. The van der Waals surface area contributed by atoms with E-state index >= 15 is 0 Å². The van der Waals surface area contributed by atoms with Crippen molar-refractivity contribution in [3.63, 3.8) is 0 Å². The number of hydrogen-bond acceptors (Lipinski definition) is 3. The van der Waals surface area contributed by atoms with Gasteiger partial charge in [0.1, 0.15) is 5.52 Å². The maximum absolute atomic E-state index is 14.3. The molecular weight excluding hydrogens is 370 g/mol. The van der Waals surface area contributed by atoms with Gasteiger partial charge in [0.05, 0.1) is 17.6 Å². The molecule has 0 aliphatic carbocycles. The van der Waals surface area contributed by atoms with E-state index in [1.165, 1.54) is 12.5 Å². The molecule has 148 valence electrons. The molecule has 29 heavy (non-hydrogen) atoms. The fourth-order valence-corrected chi connectivity index (χ4v) is 4.36. The van der Waals surface area contributed by atoms with E-state index in [9.17, 15) is 8.78 Å². The summed E-state index contributed by atoms with van der Waals surface area (Å²) in [7, 11) is 0. The Kier molecular flexibility index (Phi) is 4.42. The summed E-state index contributed by atoms with van der Waals surface area (Å²) in [6, 6.07) is 13.1. The Hall–Kier alpha value is -3.02. The van der Waals surface area contributed by atoms with Gasteiger partial charge in [-0.05, 0) is 62.1 Å². The topological polar surface area (TPSA) is 34.0 Å². The third kappa shape index (κ3) is 3.03. The first kappa shape index (κ1) is 18.0. The van der Waals surface area contributed by atoms with Gasteiger partial charge in [0.25, 0.3) is 0 Å². The molecule has 0 spiro atoms. The van der Waals surface area contributed by atoms with Crippen molar-refractivity contribution in [3.05, 3.63) is 65.9 Å². The largest absolute Gasteiger partial charge is 0.340 e. The molecule has 0 saturated carbocycles. The van der Waals surface area contributed by atoms with Crippen molar-refractivity contribution in [2.75, 3.05) is 11.4 Å². The Morgan fingerprint density at radius 2 is 1.93 bits per heavy atom. The van der Waals surface area contributed by atoms with Crippen molar-refractivity contribution < 1.29 is 8.78 Å². The third-order valence-corrected chi connectivity index (χ3v) is 5.92. The maximum Gasteiger partial charge on any atom is 0.207 e. The van der Waals surface area contributed by atoms with Crippen LogP contribution in [0, 0.1) is 11.6 Å². The van der Waals surface area contributed by atoms with E-state index < -0.39 is 11.6 Å². The summed E-state index contributed by atoms with van der Waals surface area (Å²) < 4.78 is 30.1. The van der Waals surface area contributed by atoms with E-state index in [0.29, 0.717) is 18.0 Å². The molecule has 0 amide bonds. The molecule has 1 atom stereocenters. The molecule has 4 nitrogen and oxygen atoms in total. The number of imidazole rings is 1. The summed E-state index contributed by atoms with van der Waals surface area (Å²) >= 11 is 0. The summed E-state index contributed by atoms with van der Waals surface area (Å²) in [5.41, 5.74) is 2.94. The van der Waals surface area contributed by atoms with Gasteiger partial charge >= 0.3 is 0 Å². The lowest BCUT2D eigenvalue weighted by Gasteiger charge is -2.34. The first-order valence-corrected chi connectivity index (χ1v) is 10.1. The van der Waals surface area contributed by atoms with Gasteiger partial charge in [-0.1, -0.05) is 12.1 Å². The highest BCUT2D eigenvalue weighted by molar-refractivity contribution is 5.84. The number of benzene rings is 2. The number of pyridine rings is 1. The van der Waals surface area contributed by atoms with Gasteiger partial charge in [-0.2, -0.15) is 0 Å². The lowest BCUT2D eigenvalue weighted by molar-refractivity contribution is 0.472. The number of fused-ring (bicyclic) bond motifs is 2. The highest BCUT2D eigenvalue weighted by Crippen LogP contribution is 2.30. The second kappa shape index (κ2) is 7.10. The van der Waals surface area contributed by atoms with Crippen LogP contribution in [0.1, 0.15) is 31.7 Å². The zero-order chi connectivity index (χ0) is 20.0. The minimum absolute atomic E-state index is 0.0693. The van der Waals surface area contributed by atoms with E-state index in [1.54, 1.807) is 12.3 Å². The Labute approximate surface area is 167 Å².